The van der Waals surface area contributed by atoms with Crippen LogP contribution in [0.1, 0.15) is 11.8 Å². The van der Waals surface area contributed by atoms with E-state index in [-0.39, 0.29) is 18.2 Å². The molecule has 1 saturated heterocycles. The van der Waals surface area contributed by atoms with Crippen LogP contribution in [0.3, 0.4) is 0 Å². The van der Waals surface area contributed by atoms with E-state index in [0.29, 0.717) is 5.56 Å². The number of ether oxygens (including phenoxy) is 2. The summed E-state index contributed by atoms with van der Waals surface area (Å²) in [6.45, 7) is 1.37. The second-order valence-corrected chi connectivity index (χ2v) is 4.24. The van der Waals surface area contributed by atoms with E-state index < -0.39 is 24.5 Å². The fourth-order valence-electron chi connectivity index (χ4n) is 2.16. The Kier molecular flexibility index (Phi) is 2.22. The number of fused-ring (bicyclic) bond motifs is 3. The molecule has 0 amide bonds. The second-order valence-electron chi connectivity index (χ2n) is 4.24. The van der Waals surface area contributed by atoms with Gasteiger partial charge in [-0.1, -0.05) is 0 Å². The first kappa shape index (κ1) is 10.7. The third-order valence-electron chi connectivity index (χ3n) is 3.10. The van der Waals surface area contributed by atoms with Gasteiger partial charge in [-0.15, -0.1) is 0 Å². The zero-order valence-corrected chi connectivity index (χ0v) is 9.11. The molecule has 1 aromatic rings. The zero-order valence-electron chi connectivity index (χ0n) is 9.11. The number of hydrogen-bond acceptors (Lipinski definition) is 6. The molecule has 3 rings (SSSR count). The standard InChI is InChI=1S/C10H12N2O5/c1-4-2-12-9-7(6(14)5(3-13)16-9)17-10(12)11-8(4)15/h2,5-7,9,13-14H,3H2,1H3/t5-,6-,7-,9+/m0/s1. The number of nitrogens with zero attached hydrogens (tertiary/aromatic N) is 2. The van der Waals surface area contributed by atoms with Crippen LogP contribution in [-0.2, 0) is 4.74 Å². The fraction of sp³-hybridized carbons (Fsp3) is 0.600. The van der Waals surface area contributed by atoms with Crippen molar-refractivity contribution in [3.05, 3.63) is 22.1 Å². The molecule has 0 unspecified atom stereocenters. The Hall–Kier alpha value is -1.44. The monoisotopic (exact) mass is 240 g/mol. The third-order valence-corrected chi connectivity index (χ3v) is 3.10. The molecule has 0 radical (unpaired) electrons. The van der Waals surface area contributed by atoms with Gasteiger partial charge in [0.05, 0.1) is 6.61 Å². The minimum atomic E-state index is -0.929. The molecule has 0 aliphatic carbocycles. The van der Waals surface area contributed by atoms with Gasteiger partial charge in [-0.2, -0.15) is 4.98 Å². The van der Waals surface area contributed by atoms with E-state index in [2.05, 4.69) is 4.98 Å². The summed E-state index contributed by atoms with van der Waals surface area (Å²) >= 11 is 0. The zero-order chi connectivity index (χ0) is 12.2. The second kappa shape index (κ2) is 3.52. The maximum Gasteiger partial charge on any atom is 0.302 e. The molecule has 17 heavy (non-hydrogen) atoms. The Morgan fingerprint density at radius 3 is 3.06 bits per heavy atom. The molecule has 2 aliphatic heterocycles. The van der Waals surface area contributed by atoms with Gasteiger partial charge >= 0.3 is 6.01 Å². The number of aliphatic hydroxyl groups is 2. The van der Waals surface area contributed by atoms with Crippen LogP contribution in [-0.4, -0.2) is 44.7 Å². The van der Waals surface area contributed by atoms with Gasteiger partial charge in [0.2, 0.25) is 0 Å². The number of aliphatic hydroxyl groups excluding tert-OH is 2. The normalized spacial score (nSPS) is 34.3. The highest BCUT2D eigenvalue weighted by Crippen LogP contribution is 2.38. The first-order chi connectivity index (χ1) is 8.11. The lowest BCUT2D eigenvalue weighted by atomic mass is 10.1. The summed E-state index contributed by atoms with van der Waals surface area (Å²) in [6, 6.07) is 0.144. The van der Waals surface area contributed by atoms with Gasteiger partial charge in [0.15, 0.2) is 12.3 Å². The van der Waals surface area contributed by atoms with Crippen molar-refractivity contribution in [1.29, 1.82) is 0 Å². The quantitative estimate of drug-likeness (QED) is 0.624. The van der Waals surface area contributed by atoms with Crippen LogP contribution >= 0.6 is 0 Å². The van der Waals surface area contributed by atoms with Gasteiger partial charge in [0.1, 0.15) is 12.2 Å². The smallest absolute Gasteiger partial charge is 0.302 e. The molecule has 0 spiro atoms. The molecule has 7 heteroatoms. The molecule has 1 aromatic heterocycles. The third kappa shape index (κ3) is 1.40. The lowest BCUT2D eigenvalue weighted by Gasteiger charge is -2.14. The van der Waals surface area contributed by atoms with Crippen molar-refractivity contribution in [3.63, 3.8) is 0 Å². The van der Waals surface area contributed by atoms with Gasteiger partial charge in [-0.25, -0.2) is 0 Å². The first-order valence-corrected chi connectivity index (χ1v) is 5.32. The van der Waals surface area contributed by atoms with Crippen molar-refractivity contribution in [2.45, 2.75) is 31.5 Å². The van der Waals surface area contributed by atoms with Crippen LogP contribution < -0.4 is 10.3 Å². The molecular weight excluding hydrogens is 228 g/mol. The maximum atomic E-state index is 11.4. The van der Waals surface area contributed by atoms with E-state index in [1.165, 1.54) is 0 Å². The molecule has 3 heterocycles. The summed E-state index contributed by atoms with van der Waals surface area (Å²) in [7, 11) is 0. The van der Waals surface area contributed by atoms with Crippen LogP contribution in [0.5, 0.6) is 6.01 Å². The number of aromatic nitrogens is 2. The summed E-state index contributed by atoms with van der Waals surface area (Å²) in [5, 5.41) is 18.9. The topological polar surface area (TPSA) is 93.8 Å². The van der Waals surface area contributed by atoms with Crippen LogP contribution in [0.4, 0.5) is 0 Å². The summed E-state index contributed by atoms with van der Waals surface area (Å²) < 4.78 is 12.4. The molecule has 4 atom stereocenters. The highest BCUT2D eigenvalue weighted by atomic mass is 16.6. The Labute approximate surface area is 96.2 Å². The van der Waals surface area contributed by atoms with Crippen molar-refractivity contribution in [1.82, 2.24) is 9.55 Å². The van der Waals surface area contributed by atoms with Gasteiger partial charge in [-0.3, -0.25) is 9.36 Å². The Morgan fingerprint density at radius 1 is 1.59 bits per heavy atom. The molecule has 1 fully saturated rings. The summed E-state index contributed by atoms with van der Waals surface area (Å²) in [5.74, 6) is 0. The molecule has 2 aliphatic rings. The summed E-state index contributed by atoms with van der Waals surface area (Å²) in [6.07, 6.45) is -1.17. The highest BCUT2D eigenvalue weighted by Gasteiger charge is 2.50. The van der Waals surface area contributed by atoms with E-state index >= 15 is 0 Å². The van der Waals surface area contributed by atoms with Crippen molar-refractivity contribution in [2.24, 2.45) is 0 Å². The Bertz CT molecular complexity index is 514. The molecule has 0 saturated carbocycles. The van der Waals surface area contributed by atoms with Gasteiger partial charge < -0.3 is 19.7 Å². The lowest BCUT2D eigenvalue weighted by Crippen LogP contribution is -2.34. The molecular formula is C10H12N2O5. The highest BCUT2D eigenvalue weighted by molar-refractivity contribution is 5.15. The minimum Gasteiger partial charge on any atom is -0.453 e. The number of aryl methyl sites for hydroxylation is 1. The molecule has 0 bridgehead atoms. The van der Waals surface area contributed by atoms with E-state index in [1.807, 2.05) is 0 Å². The van der Waals surface area contributed by atoms with Gasteiger partial charge in [0.25, 0.3) is 5.56 Å². The lowest BCUT2D eigenvalue weighted by molar-refractivity contribution is -0.0435. The summed E-state index contributed by atoms with van der Waals surface area (Å²) in [4.78, 5) is 15.1. The fourth-order valence-corrected chi connectivity index (χ4v) is 2.16. The predicted octanol–water partition coefficient (Wildman–Crippen LogP) is -1.44. The molecule has 2 N–H and O–H groups in total. The van der Waals surface area contributed by atoms with Crippen molar-refractivity contribution >= 4 is 0 Å². The average Bonchev–Trinajstić information content (AvgIpc) is 2.78. The van der Waals surface area contributed by atoms with E-state index in [0.717, 1.165) is 0 Å². The molecule has 0 aromatic carbocycles. The predicted molar refractivity (Wildman–Crippen MR) is 54.7 cm³/mol. The van der Waals surface area contributed by atoms with Crippen LogP contribution in [0.25, 0.3) is 0 Å². The molecule has 92 valence electrons. The number of rotatable bonds is 1. The Balaban J connectivity index is 2.02. The van der Waals surface area contributed by atoms with E-state index in [1.54, 1.807) is 17.7 Å². The van der Waals surface area contributed by atoms with Crippen LogP contribution in [0.15, 0.2) is 11.0 Å². The largest absolute Gasteiger partial charge is 0.453 e. The van der Waals surface area contributed by atoms with E-state index in [9.17, 15) is 9.90 Å². The van der Waals surface area contributed by atoms with Crippen LogP contribution in [0.2, 0.25) is 0 Å². The van der Waals surface area contributed by atoms with Crippen molar-refractivity contribution in [3.8, 4) is 6.01 Å². The SMILES string of the molecule is Cc1cn2c(nc1=O)O[C@H]1[C@@H](O)[C@H](CO)O[C@H]12. The Morgan fingerprint density at radius 2 is 2.35 bits per heavy atom. The van der Waals surface area contributed by atoms with Crippen molar-refractivity contribution in [2.75, 3.05) is 6.61 Å². The average molecular weight is 240 g/mol. The number of hydrogen-bond donors (Lipinski definition) is 2. The van der Waals surface area contributed by atoms with Gasteiger partial charge in [0, 0.05) is 11.8 Å². The maximum absolute atomic E-state index is 11.4. The minimum absolute atomic E-state index is 0.144. The van der Waals surface area contributed by atoms with Gasteiger partial charge in [-0.05, 0) is 6.92 Å². The summed E-state index contributed by atoms with van der Waals surface area (Å²) in [5.41, 5.74) is 0.118. The first-order valence-electron chi connectivity index (χ1n) is 5.32. The van der Waals surface area contributed by atoms with Crippen molar-refractivity contribution < 1.29 is 19.7 Å². The molecule has 7 nitrogen and oxygen atoms in total. The van der Waals surface area contributed by atoms with E-state index in [4.69, 9.17) is 14.6 Å². The van der Waals surface area contributed by atoms with Crippen LogP contribution in [0, 0.1) is 6.92 Å².